The van der Waals surface area contributed by atoms with Gasteiger partial charge in [-0.2, -0.15) is 36.2 Å². The number of amides is 3. The van der Waals surface area contributed by atoms with Crippen molar-refractivity contribution in [3.8, 4) is 5.75 Å². The van der Waals surface area contributed by atoms with Crippen LogP contribution in [0.3, 0.4) is 0 Å². The van der Waals surface area contributed by atoms with Crippen LogP contribution in [0.25, 0.3) is 0 Å². The maximum Gasteiger partial charge on any atom is 0.326 e. The normalized spacial score (nSPS) is 14.3. The molecule has 1 aromatic carbocycles. The number of phenols is 1. The lowest BCUT2D eigenvalue weighted by Crippen LogP contribution is -2.58. The summed E-state index contributed by atoms with van der Waals surface area (Å²) in [6.45, 7) is 0. The minimum atomic E-state index is -1.18. The zero-order valence-corrected chi connectivity index (χ0v) is 22.3. The minimum absolute atomic E-state index is 0.0349. The van der Waals surface area contributed by atoms with Crippen molar-refractivity contribution in [2.75, 3.05) is 29.8 Å². The summed E-state index contributed by atoms with van der Waals surface area (Å²) in [4.78, 5) is 49.9. The molecule has 0 saturated heterocycles. The number of thioether (sulfide) groups is 2. The van der Waals surface area contributed by atoms with E-state index < -0.39 is 47.9 Å². The highest BCUT2D eigenvalue weighted by molar-refractivity contribution is 7.98. The molecule has 0 fully saturated rings. The highest BCUT2D eigenvalue weighted by atomic mass is 32.2. The van der Waals surface area contributed by atoms with Gasteiger partial charge in [0.25, 0.3) is 0 Å². The molecule has 0 spiro atoms. The second-order valence-corrected chi connectivity index (χ2v) is 10.1. The standard InChI is InChI=1S/C22H34N4O6S3/c1-34-9-7-15(23)19(28)26-18(12-33)21(30)25-17(11-13-3-5-14(27)6-4-13)20(29)24-16(22(31)32)8-10-35-2/h3-6,15-18,27,33H,7-12,23H2,1-2H3,(H,24,29)(H,25,30)(H,26,28)(H,31,32). The molecule has 0 aliphatic carbocycles. The largest absolute Gasteiger partial charge is 0.508 e. The van der Waals surface area contributed by atoms with Crippen molar-refractivity contribution >= 4 is 59.8 Å². The van der Waals surface area contributed by atoms with E-state index in [1.54, 1.807) is 23.9 Å². The van der Waals surface area contributed by atoms with Crippen LogP contribution < -0.4 is 21.7 Å². The Balaban J connectivity index is 3.00. The molecule has 35 heavy (non-hydrogen) atoms. The maximum atomic E-state index is 13.0. The molecule has 4 atom stereocenters. The average Bonchev–Trinajstić information content (AvgIpc) is 2.83. The molecule has 0 aliphatic rings. The molecule has 13 heteroatoms. The van der Waals surface area contributed by atoms with Gasteiger partial charge in [0.1, 0.15) is 23.9 Å². The predicted molar refractivity (Wildman–Crippen MR) is 143 cm³/mol. The molecular formula is C22H34N4O6S3. The van der Waals surface area contributed by atoms with Gasteiger partial charge in [-0.05, 0) is 54.6 Å². The number of aliphatic carboxylic acids is 1. The number of nitrogens with one attached hydrogen (secondary N) is 3. The number of hydrogen-bond donors (Lipinski definition) is 7. The quantitative estimate of drug-likeness (QED) is 0.143. The Labute approximate surface area is 219 Å². The molecule has 1 aromatic rings. The number of rotatable bonds is 16. The van der Waals surface area contributed by atoms with Crippen LogP contribution in [0.5, 0.6) is 5.75 Å². The van der Waals surface area contributed by atoms with Crippen LogP contribution in [0, 0.1) is 0 Å². The fourth-order valence-corrected chi connectivity index (χ4v) is 4.18. The summed E-state index contributed by atoms with van der Waals surface area (Å²) in [5.74, 6) is -1.80. The molecule has 0 heterocycles. The first-order valence-corrected chi connectivity index (χ1v) is 14.3. The van der Waals surface area contributed by atoms with Gasteiger partial charge in [0.05, 0.1) is 6.04 Å². The number of hydrogen-bond acceptors (Lipinski definition) is 9. The summed E-state index contributed by atoms with van der Waals surface area (Å²) >= 11 is 7.14. The van der Waals surface area contributed by atoms with Gasteiger partial charge < -0.3 is 31.9 Å². The topological polar surface area (TPSA) is 171 Å². The highest BCUT2D eigenvalue weighted by Crippen LogP contribution is 2.12. The average molecular weight is 547 g/mol. The van der Waals surface area contributed by atoms with Crippen molar-refractivity contribution in [3.05, 3.63) is 29.8 Å². The van der Waals surface area contributed by atoms with Crippen LogP contribution in [-0.2, 0) is 25.6 Å². The molecule has 10 nitrogen and oxygen atoms in total. The summed E-state index contributed by atoms with van der Waals surface area (Å²) < 4.78 is 0. The van der Waals surface area contributed by atoms with Gasteiger partial charge in [-0.25, -0.2) is 4.79 Å². The van der Waals surface area contributed by atoms with Gasteiger partial charge in [-0.1, -0.05) is 12.1 Å². The van der Waals surface area contributed by atoms with Crippen molar-refractivity contribution in [2.45, 2.75) is 43.4 Å². The van der Waals surface area contributed by atoms with Crippen molar-refractivity contribution in [1.29, 1.82) is 0 Å². The first kappa shape index (κ1) is 30.9. The Morgan fingerprint density at radius 1 is 0.886 bits per heavy atom. The van der Waals surface area contributed by atoms with Gasteiger partial charge in [0, 0.05) is 12.2 Å². The Hall–Kier alpha value is -2.09. The third kappa shape index (κ3) is 11.5. The van der Waals surface area contributed by atoms with Crippen molar-refractivity contribution in [1.82, 2.24) is 16.0 Å². The van der Waals surface area contributed by atoms with E-state index in [1.165, 1.54) is 23.9 Å². The van der Waals surface area contributed by atoms with Gasteiger partial charge in [-0.3, -0.25) is 14.4 Å². The van der Waals surface area contributed by atoms with E-state index in [9.17, 15) is 29.4 Å². The number of thiol groups is 1. The molecule has 0 bridgehead atoms. The van der Waals surface area contributed by atoms with E-state index in [-0.39, 0.29) is 24.3 Å². The molecule has 0 saturated carbocycles. The van der Waals surface area contributed by atoms with Crippen LogP contribution >= 0.6 is 36.2 Å². The van der Waals surface area contributed by atoms with Crippen LogP contribution in [0.1, 0.15) is 18.4 Å². The molecule has 1 rings (SSSR count). The molecule has 0 radical (unpaired) electrons. The third-order valence-electron chi connectivity index (χ3n) is 5.02. The Morgan fingerprint density at radius 3 is 1.94 bits per heavy atom. The van der Waals surface area contributed by atoms with Crippen LogP contribution in [0.15, 0.2) is 24.3 Å². The third-order valence-corrected chi connectivity index (χ3v) is 6.67. The number of benzene rings is 1. The summed E-state index contributed by atoms with van der Waals surface area (Å²) in [6.07, 6.45) is 4.41. The maximum absolute atomic E-state index is 13.0. The molecular weight excluding hydrogens is 512 g/mol. The fraction of sp³-hybridized carbons (Fsp3) is 0.545. The molecule has 3 amide bonds. The van der Waals surface area contributed by atoms with E-state index in [4.69, 9.17) is 5.73 Å². The van der Waals surface area contributed by atoms with Crippen LogP contribution in [-0.4, -0.2) is 87.8 Å². The van der Waals surface area contributed by atoms with Gasteiger partial charge in [0.2, 0.25) is 17.7 Å². The number of phenolic OH excluding ortho intramolecular Hbond substituents is 1. The van der Waals surface area contributed by atoms with Crippen molar-refractivity contribution in [2.24, 2.45) is 5.73 Å². The number of carbonyl (C=O) groups is 4. The summed E-state index contributed by atoms with van der Waals surface area (Å²) in [6, 6.07) is 1.97. The van der Waals surface area contributed by atoms with E-state index in [0.29, 0.717) is 23.5 Å². The zero-order valence-electron chi connectivity index (χ0n) is 19.7. The van der Waals surface area contributed by atoms with Crippen LogP contribution in [0.2, 0.25) is 0 Å². The summed E-state index contributed by atoms with van der Waals surface area (Å²) in [7, 11) is 0. The number of carboxylic acids is 1. The molecule has 196 valence electrons. The predicted octanol–water partition coefficient (Wildman–Crippen LogP) is 0.237. The van der Waals surface area contributed by atoms with E-state index in [0.717, 1.165) is 0 Å². The van der Waals surface area contributed by atoms with Gasteiger partial charge in [-0.15, -0.1) is 0 Å². The van der Waals surface area contributed by atoms with Crippen molar-refractivity contribution < 1.29 is 29.4 Å². The summed E-state index contributed by atoms with van der Waals surface area (Å²) in [5, 5.41) is 26.6. The number of nitrogens with two attached hydrogens (primary N) is 1. The Morgan fingerprint density at radius 2 is 1.40 bits per heavy atom. The van der Waals surface area contributed by atoms with Crippen molar-refractivity contribution in [3.63, 3.8) is 0 Å². The van der Waals surface area contributed by atoms with E-state index in [1.807, 2.05) is 12.5 Å². The second kappa shape index (κ2) is 16.6. The number of aromatic hydroxyl groups is 1. The van der Waals surface area contributed by atoms with E-state index in [2.05, 4.69) is 28.6 Å². The molecule has 4 unspecified atom stereocenters. The lowest BCUT2D eigenvalue weighted by Gasteiger charge is -2.24. The smallest absolute Gasteiger partial charge is 0.326 e. The first-order chi connectivity index (χ1) is 16.6. The monoisotopic (exact) mass is 546 g/mol. The van der Waals surface area contributed by atoms with E-state index >= 15 is 0 Å². The lowest BCUT2D eigenvalue weighted by molar-refractivity contribution is -0.142. The fourth-order valence-electron chi connectivity index (χ4n) is 2.96. The molecule has 0 aromatic heterocycles. The Kier molecular flexibility index (Phi) is 14.6. The highest BCUT2D eigenvalue weighted by Gasteiger charge is 2.30. The second-order valence-electron chi connectivity index (χ2n) is 7.74. The number of carboxylic acid groups (broad SMARTS) is 1. The number of carbonyl (C=O) groups excluding carboxylic acids is 3. The summed E-state index contributed by atoms with van der Waals surface area (Å²) in [5.41, 5.74) is 6.50. The molecule has 0 aliphatic heterocycles. The zero-order chi connectivity index (χ0) is 26.4. The van der Waals surface area contributed by atoms with Crippen LogP contribution in [0.4, 0.5) is 0 Å². The lowest BCUT2D eigenvalue weighted by atomic mass is 10.0. The minimum Gasteiger partial charge on any atom is -0.508 e. The first-order valence-electron chi connectivity index (χ1n) is 10.9. The Bertz CT molecular complexity index is 843. The van der Waals surface area contributed by atoms with Gasteiger partial charge >= 0.3 is 5.97 Å². The molecule has 7 N–H and O–H groups in total. The SMILES string of the molecule is CSCCC(N)C(=O)NC(CS)C(=O)NC(Cc1ccc(O)cc1)C(=O)NC(CCSC)C(=O)O. The van der Waals surface area contributed by atoms with Gasteiger partial charge in [0.15, 0.2) is 0 Å².